The fourth-order valence-electron chi connectivity index (χ4n) is 2.33. The monoisotopic (exact) mass is 317 g/mol. The van der Waals surface area contributed by atoms with Crippen molar-refractivity contribution in [2.75, 3.05) is 14.1 Å². The molecule has 1 aromatic carbocycles. The average Bonchev–Trinajstić information content (AvgIpc) is 2.89. The van der Waals surface area contributed by atoms with Crippen molar-refractivity contribution in [3.05, 3.63) is 53.1 Å². The van der Waals surface area contributed by atoms with Crippen LogP contribution in [0.25, 0.3) is 22.2 Å². The van der Waals surface area contributed by atoms with Crippen LogP contribution < -0.4 is 0 Å². The highest BCUT2D eigenvalue weighted by atomic mass is 35.5. The van der Waals surface area contributed by atoms with Crippen molar-refractivity contribution in [1.82, 2.24) is 14.9 Å². The van der Waals surface area contributed by atoms with Crippen molar-refractivity contribution in [1.29, 1.82) is 0 Å². The molecule has 0 saturated heterocycles. The van der Waals surface area contributed by atoms with Gasteiger partial charge in [0.2, 0.25) is 0 Å². The summed E-state index contributed by atoms with van der Waals surface area (Å²) in [4.78, 5) is 20.4. The molecule has 0 atom stereocenters. The van der Waals surface area contributed by atoms with Gasteiger partial charge in [-0.15, -0.1) is 0 Å². The third kappa shape index (κ3) is 2.44. The quantitative estimate of drug-likeness (QED) is 0.783. The average molecular weight is 318 g/mol. The number of hydrogen-bond donors (Lipinski definition) is 1. The fourth-order valence-corrected chi connectivity index (χ4v) is 2.48. The number of H-pyrrole nitrogens is 1. The highest BCUT2D eigenvalue weighted by Crippen LogP contribution is 2.31. The SMILES string of the molecule is CN(C)C(=O)c1ccc(-c2c[nH]c3ncc(Cl)cc23)c(F)c1. The third-order valence-electron chi connectivity index (χ3n) is 3.41. The van der Waals surface area contributed by atoms with Gasteiger partial charge in [0, 0.05) is 48.6 Å². The van der Waals surface area contributed by atoms with Crippen LogP contribution in [0.15, 0.2) is 36.7 Å². The van der Waals surface area contributed by atoms with Gasteiger partial charge in [-0.25, -0.2) is 9.37 Å². The molecule has 1 amide bonds. The predicted octanol–water partition coefficient (Wildman–Crippen LogP) is 3.72. The highest BCUT2D eigenvalue weighted by Gasteiger charge is 2.15. The van der Waals surface area contributed by atoms with Crippen LogP contribution in [0.1, 0.15) is 10.4 Å². The number of aromatic nitrogens is 2. The smallest absolute Gasteiger partial charge is 0.253 e. The molecule has 1 N–H and O–H groups in total. The summed E-state index contributed by atoms with van der Waals surface area (Å²) in [6, 6.07) is 6.18. The van der Waals surface area contributed by atoms with Gasteiger partial charge in [0.05, 0.1) is 5.02 Å². The second kappa shape index (κ2) is 5.42. The van der Waals surface area contributed by atoms with E-state index in [1.165, 1.54) is 17.2 Å². The van der Waals surface area contributed by atoms with E-state index < -0.39 is 5.82 Å². The van der Waals surface area contributed by atoms with E-state index in [2.05, 4.69) is 9.97 Å². The Morgan fingerprint density at radius 1 is 1.27 bits per heavy atom. The molecule has 112 valence electrons. The molecule has 2 heterocycles. The van der Waals surface area contributed by atoms with Crippen LogP contribution >= 0.6 is 11.6 Å². The number of aromatic amines is 1. The van der Waals surface area contributed by atoms with Crippen LogP contribution in [0.5, 0.6) is 0 Å². The predicted molar refractivity (Wildman–Crippen MR) is 84.5 cm³/mol. The van der Waals surface area contributed by atoms with Crippen molar-refractivity contribution in [3.63, 3.8) is 0 Å². The van der Waals surface area contributed by atoms with E-state index in [0.717, 1.165) is 5.39 Å². The van der Waals surface area contributed by atoms with Gasteiger partial charge in [0.1, 0.15) is 11.5 Å². The number of pyridine rings is 1. The zero-order chi connectivity index (χ0) is 15.9. The third-order valence-corrected chi connectivity index (χ3v) is 3.62. The molecule has 0 radical (unpaired) electrons. The summed E-state index contributed by atoms with van der Waals surface area (Å²) >= 11 is 5.96. The zero-order valence-electron chi connectivity index (χ0n) is 12.0. The minimum atomic E-state index is -0.464. The molecular formula is C16H13ClFN3O. The minimum absolute atomic E-state index is 0.242. The van der Waals surface area contributed by atoms with Crippen LogP contribution in [0.4, 0.5) is 4.39 Å². The molecular weight excluding hydrogens is 305 g/mol. The Morgan fingerprint density at radius 2 is 2.05 bits per heavy atom. The van der Waals surface area contributed by atoms with Gasteiger partial charge >= 0.3 is 0 Å². The first kappa shape index (κ1) is 14.5. The molecule has 0 unspecified atom stereocenters. The van der Waals surface area contributed by atoms with Gasteiger partial charge in [-0.3, -0.25) is 4.79 Å². The summed E-state index contributed by atoms with van der Waals surface area (Å²) in [5.74, 6) is -0.706. The molecule has 0 aliphatic rings. The van der Waals surface area contributed by atoms with Crippen molar-refractivity contribution < 1.29 is 9.18 Å². The number of rotatable bonds is 2. The van der Waals surface area contributed by atoms with Gasteiger partial charge in [-0.1, -0.05) is 17.7 Å². The molecule has 0 saturated carbocycles. The number of benzene rings is 1. The van der Waals surface area contributed by atoms with Crippen molar-refractivity contribution >= 4 is 28.5 Å². The number of fused-ring (bicyclic) bond motifs is 1. The molecule has 0 bridgehead atoms. The first-order valence-corrected chi connectivity index (χ1v) is 6.99. The summed E-state index contributed by atoms with van der Waals surface area (Å²) in [5.41, 5.74) is 1.99. The van der Waals surface area contributed by atoms with E-state index in [9.17, 15) is 9.18 Å². The van der Waals surface area contributed by atoms with Crippen LogP contribution in [0.3, 0.4) is 0 Å². The molecule has 0 aliphatic heterocycles. The highest BCUT2D eigenvalue weighted by molar-refractivity contribution is 6.31. The lowest BCUT2D eigenvalue weighted by Gasteiger charge is -2.11. The van der Waals surface area contributed by atoms with Crippen molar-refractivity contribution in [2.45, 2.75) is 0 Å². The normalized spacial score (nSPS) is 10.9. The molecule has 0 aliphatic carbocycles. The Bertz CT molecular complexity index is 873. The number of nitrogens with one attached hydrogen (secondary N) is 1. The fraction of sp³-hybridized carbons (Fsp3) is 0.125. The molecule has 0 fully saturated rings. The Labute approximate surface area is 131 Å². The van der Waals surface area contributed by atoms with E-state index in [1.54, 1.807) is 38.5 Å². The van der Waals surface area contributed by atoms with Crippen LogP contribution in [-0.4, -0.2) is 34.9 Å². The maximum absolute atomic E-state index is 14.4. The van der Waals surface area contributed by atoms with Crippen LogP contribution in [-0.2, 0) is 0 Å². The van der Waals surface area contributed by atoms with E-state index in [-0.39, 0.29) is 5.91 Å². The van der Waals surface area contributed by atoms with Crippen molar-refractivity contribution in [3.8, 4) is 11.1 Å². The summed E-state index contributed by atoms with van der Waals surface area (Å²) in [5, 5.41) is 1.21. The van der Waals surface area contributed by atoms with Crippen molar-refractivity contribution in [2.24, 2.45) is 0 Å². The largest absolute Gasteiger partial charge is 0.346 e. The summed E-state index contributed by atoms with van der Waals surface area (Å²) in [7, 11) is 3.25. The van der Waals surface area contributed by atoms with Crippen LogP contribution in [0, 0.1) is 5.82 Å². The number of hydrogen-bond acceptors (Lipinski definition) is 2. The maximum atomic E-state index is 14.4. The van der Waals surface area contributed by atoms with Gasteiger partial charge in [0.15, 0.2) is 0 Å². The minimum Gasteiger partial charge on any atom is -0.346 e. The van der Waals surface area contributed by atoms with E-state index in [4.69, 9.17) is 11.6 Å². The lowest BCUT2D eigenvalue weighted by Crippen LogP contribution is -2.21. The number of carbonyl (C=O) groups excluding carboxylic acids is 1. The molecule has 22 heavy (non-hydrogen) atoms. The molecule has 3 aromatic rings. The number of amides is 1. The molecule has 6 heteroatoms. The number of halogens is 2. The molecule has 4 nitrogen and oxygen atoms in total. The van der Waals surface area contributed by atoms with Gasteiger partial charge in [0.25, 0.3) is 5.91 Å². The second-order valence-corrected chi connectivity index (χ2v) is 5.58. The Morgan fingerprint density at radius 3 is 2.73 bits per heavy atom. The molecule has 2 aromatic heterocycles. The first-order valence-electron chi connectivity index (χ1n) is 6.61. The van der Waals surface area contributed by atoms with E-state index in [1.807, 2.05) is 0 Å². The van der Waals surface area contributed by atoms with E-state index in [0.29, 0.717) is 27.4 Å². The maximum Gasteiger partial charge on any atom is 0.253 e. The topological polar surface area (TPSA) is 49.0 Å². The number of nitrogens with zero attached hydrogens (tertiary/aromatic N) is 2. The second-order valence-electron chi connectivity index (χ2n) is 5.15. The lowest BCUT2D eigenvalue weighted by molar-refractivity contribution is 0.0827. The van der Waals surface area contributed by atoms with Crippen LogP contribution in [0.2, 0.25) is 5.02 Å². The number of carbonyl (C=O) groups is 1. The lowest BCUT2D eigenvalue weighted by atomic mass is 10.0. The van der Waals surface area contributed by atoms with Gasteiger partial charge < -0.3 is 9.88 Å². The molecule has 3 rings (SSSR count). The standard InChI is InChI=1S/C16H13ClFN3O/c1-21(2)16(22)9-3-4-11(14(18)5-9)13-8-20-15-12(13)6-10(17)7-19-15/h3-8H,1-2H3,(H,19,20). The first-order chi connectivity index (χ1) is 10.5. The Kier molecular flexibility index (Phi) is 3.58. The van der Waals surface area contributed by atoms with E-state index >= 15 is 0 Å². The Balaban J connectivity index is 2.11. The van der Waals surface area contributed by atoms with Gasteiger partial charge in [-0.2, -0.15) is 0 Å². The Hall–Kier alpha value is -2.40. The summed E-state index contributed by atoms with van der Waals surface area (Å²) in [6.07, 6.45) is 3.21. The summed E-state index contributed by atoms with van der Waals surface area (Å²) < 4.78 is 14.4. The zero-order valence-corrected chi connectivity index (χ0v) is 12.8. The molecule has 0 spiro atoms. The summed E-state index contributed by atoms with van der Waals surface area (Å²) in [6.45, 7) is 0. The van der Waals surface area contributed by atoms with Gasteiger partial charge in [-0.05, 0) is 18.2 Å².